The molecule has 0 spiro atoms. The Labute approximate surface area is 232 Å². The fourth-order valence-electron chi connectivity index (χ4n) is 5.15. The Balaban J connectivity index is 1.40. The molecule has 4 aromatic rings. The van der Waals surface area contributed by atoms with Crippen molar-refractivity contribution in [3.63, 3.8) is 0 Å². The summed E-state index contributed by atoms with van der Waals surface area (Å²) in [5, 5.41) is 18.5. The molecule has 39 heavy (non-hydrogen) atoms. The number of piperazine rings is 1. The molecule has 202 valence electrons. The minimum Gasteiger partial charge on any atom is -0.465 e. The van der Waals surface area contributed by atoms with Gasteiger partial charge < -0.3 is 19.8 Å². The molecule has 0 aliphatic carbocycles. The number of H-pyrrole nitrogens is 1. The van der Waals surface area contributed by atoms with Crippen molar-refractivity contribution in [3.05, 3.63) is 77.6 Å². The van der Waals surface area contributed by atoms with Gasteiger partial charge in [0.05, 0.1) is 23.2 Å². The number of benzene rings is 2. The van der Waals surface area contributed by atoms with Crippen molar-refractivity contribution < 1.29 is 14.7 Å². The third-order valence-corrected chi connectivity index (χ3v) is 7.52. The van der Waals surface area contributed by atoms with Crippen LogP contribution in [0.2, 0.25) is 5.02 Å². The minimum atomic E-state index is -1.04. The summed E-state index contributed by atoms with van der Waals surface area (Å²) in [5.41, 5.74) is 4.58. The molecule has 10 heteroatoms. The lowest BCUT2D eigenvalue weighted by molar-refractivity contribution is -0.133. The van der Waals surface area contributed by atoms with Crippen LogP contribution in [0.1, 0.15) is 25.3 Å². The van der Waals surface area contributed by atoms with Crippen molar-refractivity contribution in [1.82, 2.24) is 25.0 Å². The topological polar surface area (TPSA) is 106 Å². The molecule has 1 fully saturated rings. The summed E-state index contributed by atoms with van der Waals surface area (Å²) < 4.78 is 0. The second-order valence-electron chi connectivity index (χ2n) is 9.96. The molecular formula is C29H31ClN6O3. The van der Waals surface area contributed by atoms with Gasteiger partial charge in [0.25, 0.3) is 0 Å². The van der Waals surface area contributed by atoms with Gasteiger partial charge in [0.1, 0.15) is 0 Å². The summed E-state index contributed by atoms with van der Waals surface area (Å²) in [6, 6.07) is 16.9. The zero-order valence-electron chi connectivity index (χ0n) is 21.9. The van der Waals surface area contributed by atoms with Gasteiger partial charge in [-0.15, -0.1) is 0 Å². The zero-order valence-corrected chi connectivity index (χ0v) is 22.7. The fourth-order valence-corrected chi connectivity index (χ4v) is 5.28. The third-order valence-electron chi connectivity index (χ3n) is 7.26. The maximum absolute atomic E-state index is 13.9. The van der Waals surface area contributed by atoms with Crippen molar-refractivity contribution in [3.8, 4) is 11.1 Å². The van der Waals surface area contributed by atoms with E-state index in [2.05, 4.69) is 32.2 Å². The lowest BCUT2D eigenvalue weighted by Crippen LogP contribution is -2.52. The first-order chi connectivity index (χ1) is 18.8. The van der Waals surface area contributed by atoms with Gasteiger partial charge >= 0.3 is 6.09 Å². The molecule has 0 saturated carbocycles. The van der Waals surface area contributed by atoms with E-state index in [0.29, 0.717) is 36.8 Å². The van der Waals surface area contributed by atoms with Crippen molar-refractivity contribution in [2.75, 3.05) is 37.6 Å². The normalized spacial score (nSPS) is 14.6. The molecule has 2 amide bonds. The van der Waals surface area contributed by atoms with E-state index in [4.69, 9.17) is 11.6 Å². The maximum Gasteiger partial charge on any atom is 0.407 e. The molecule has 1 aliphatic rings. The van der Waals surface area contributed by atoms with Crippen LogP contribution >= 0.6 is 11.6 Å². The van der Waals surface area contributed by atoms with Crippen LogP contribution in [0.3, 0.4) is 0 Å². The first-order valence-corrected chi connectivity index (χ1v) is 13.4. The van der Waals surface area contributed by atoms with Crippen molar-refractivity contribution in [1.29, 1.82) is 0 Å². The number of nitrogens with zero attached hydrogens (tertiary/aromatic N) is 5. The van der Waals surface area contributed by atoms with Gasteiger partial charge in [-0.25, -0.2) is 9.78 Å². The van der Waals surface area contributed by atoms with E-state index in [-0.39, 0.29) is 18.5 Å². The standard InChI is InChI=1S/C29H31ClN6O3/c1-19(2)36(29(38)39)18-25(21-8-10-22(30)11-9-21)28(37)35-14-12-34(13-15-35)26-23(20-6-4-3-5-7-20)16-31-27-24(26)17-32-33-27/h3-11,16-17,19,25H,12-15,18H2,1-2H3,(H,38,39)(H,31,32,33). The average Bonchev–Trinajstić information content (AvgIpc) is 3.43. The zero-order chi connectivity index (χ0) is 27.5. The number of nitrogens with one attached hydrogen (secondary N) is 1. The number of hydrogen-bond donors (Lipinski definition) is 2. The van der Waals surface area contributed by atoms with E-state index < -0.39 is 12.0 Å². The second-order valence-corrected chi connectivity index (χ2v) is 10.4. The third kappa shape index (κ3) is 5.54. The first kappa shape index (κ1) is 26.5. The predicted octanol–water partition coefficient (Wildman–Crippen LogP) is 5.10. The fraction of sp³-hybridized carbons (Fsp3) is 0.310. The van der Waals surface area contributed by atoms with Crippen LogP contribution in [-0.2, 0) is 4.79 Å². The van der Waals surface area contributed by atoms with Gasteiger partial charge in [-0.3, -0.25) is 9.89 Å². The van der Waals surface area contributed by atoms with Crippen LogP contribution in [-0.4, -0.2) is 80.9 Å². The van der Waals surface area contributed by atoms with Crippen molar-refractivity contribution in [2.45, 2.75) is 25.8 Å². The summed E-state index contributed by atoms with van der Waals surface area (Å²) in [7, 11) is 0. The molecule has 1 unspecified atom stereocenters. The Morgan fingerprint density at radius 3 is 2.36 bits per heavy atom. The van der Waals surface area contributed by atoms with E-state index >= 15 is 0 Å². The number of pyridine rings is 1. The number of rotatable bonds is 7. The molecule has 1 saturated heterocycles. The van der Waals surface area contributed by atoms with Crippen LogP contribution in [0.4, 0.5) is 10.5 Å². The van der Waals surface area contributed by atoms with Gasteiger partial charge in [-0.2, -0.15) is 5.10 Å². The summed E-state index contributed by atoms with van der Waals surface area (Å²) in [4.78, 5) is 35.8. The number of halogens is 1. The molecule has 1 aliphatic heterocycles. The average molecular weight is 547 g/mol. The number of carboxylic acid groups (broad SMARTS) is 1. The Kier molecular flexibility index (Phi) is 7.70. The molecule has 1 atom stereocenters. The second kappa shape index (κ2) is 11.3. The Morgan fingerprint density at radius 2 is 1.72 bits per heavy atom. The van der Waals surface area contributed by atoms with E-state index in [1.165, 1.54) is 4.90 Å². The summed E-state index contributed by atoms with van der Waals surface area (Å²) >= 11 is 6.10. The van der Waals surface area contributed by atoms with Crippen LogP contribution in [0.15, 0.2) is 67.0 Å². The maximum atomic E-state index is 13.9. The summed E-state index contributed by atoms with van der Waals surface area (Å²) in [6.07, 6.45) is 2.62. The lowest BCUT2D eigenvalue weighted by Gasteiger charge is -2.39. The Bertz CT molecular complexity index is 1450. The highest BCUT2D eigenvalue weighted by atomic mass is 35.5. The molecule has 0 radical (unpaired) electrons. The van der Waals surface area contributed by atoms with Gasteiger partial charge in [0.15, 0.2) is 5.65 Å². The number of fused-ring (bicyclic) bond motifs is 1. The smallest absolute Gasteiger partial charge is 0.407 e. The van der Waals surface area contributed by atoms with Crippen LogP contribution < -0.4 is 4.90 Å². The number of amides is 2. The van der Waals surface area contributed by atoms with E-state index in [0.717, 1.165) is 27.8 Å². The highest BCUT2D eigenvalue weighted by Crippen LogP contribution is 2.36. The van der Waals surface area contributed by atoms with E-state index in [9.17, 15) is 14.7 Å². The summed E-state index contributed by atoms with van der Waals surface area (Å²) in [5.74, 6) is -0.718. The predicted molar refractivity (Wildman–Crippen MR) is 152 cm³/mol. The number of aromatic nitrogens is 3. The molecule has 5 rings (SSSR count). The molecule has 0 bridgehead atoms. The highest BCUT2D eigenvalue weighted by Gasteiger charge is 2.33. The van der Waals surface area contributed by atoms with Crippen LogP contribution in [0.5, 0.6) is 0 Å². The number of anilines is 1. The Morgan fingerprint density at radius 1 is 1.03 bits per heavy atom. The first-order valence-electron chi connectivity index (χ1n) is 13.0. The molecule has 3 heterocycles. The van der Waals surface area contributed by atoms with E-state index in [1.807, 2.05) is 43.1 Å². The summed E-state index contributed by atoms with van der Waals surface area (Å²) in [6.45, 7) is 5.96. The molecule has 9 nitrogen and oxygen atoms in total. The van der Waals surface area contributed by atoms with Crippen LogP contribution in [0, 0.1) is 0 Å². The van der Waals surface area contributed by atoms with Gasteiger partial charge in [0.2, 0.25) is 5.91 Å². The number of carbonyl (C=O) groups excluding carboxylic acids is 1. The molecule has 2 aromatic carbocycles. The lowest BCUT2D eigenvalue weighted by atomic mass is 9.96. The van der Waals surface area contributed by atoms with Crippen LogP contribution in [0.25, 0.3) is 22.2 Å². The van der Waals surface area contributed by atoms with Gasteiger partial charge in [-0.1, -0.05) is 54.1 Å². The molecular weight excluding hydrogens is 516 g/mol. The van der Waals surface area contributed by atoms with Gasteiger partial charge in [0, 0.05) is 55.5 Å². The van der Waals surface area contributed by atoms with Crippen molar-refractivity contribution >= 4 is 40.3 Å². The SMILES string of the molecule is CC(C)N(CC(C(=O)N1CCN(c2c(-c3ccccc3)cnc3[nH]ncc23)CC1)c1ccc(Cl)cc1)C(=O)O. The van der Waals surface area contributed by atoms with Gasteiger partial charge in [-0.05, 0) is 37.1 Å². The van der Waals surface area contributed by atoms with E-state index in [1.54, 1.807) is 30.5 Å². The molecule has 2 aromatic heterocycles. The number of carbonyl (C=O) groups is 2. The minimum absolute atomic E-state index is 0.0752. The number of hydrogen-bond acceptors (Lipinski definition) is 5. The molecule has 2 N–H and O–H groups in total. The highest BCUT2D eigenvalue weighted by molar-refractivity contribution is 6.30. The number of aromatic amines is 1. The largest absolute Gasteiger partial charge is 0.465 e. The monoisotopic (exact) mass is 546 g/mol. The Hall–Kier alpha value is -4.11. The quantitative estimate of drug-likeness (QED) is 0.334. The van der Waals surface area contributed by atoms with Crippen molar-refractivity contribution in [2.24, 2.45) is 0 Å².